The number of ketones is 1. The van der Waals surface area contributed by atoms with Crippen LogP contribution in [0.3, 0.4) is 0 Å². The van der Waals surface area contributed by atoms with E-state index >= 15 is 0 Å². The van der Waals surface area contributed by atoms with E-state index in [0.717, 1.165) is 31.2 Å². The third-order valence-corrected chi connectivity index (χ3v) is 9.33. The lowest BCUT2D eigenvalue weighted by Crippen LogP contribution is -2.57. The maximum absolute atomic E-state index is 14.3. The number of nitrogens with one attached hydrogen (secondary N) is 3. The molecule has 1 heterocycles. The van der Waals surface area contributed by atoms with Gasteiger partial charge < -0.3 is 20.7 Å². The minimum atomic E-state index is -1.24. The predicted octanol–water partition coefficient (Wildman–Crippen LogP) is 4.80. The molecule has 4 amide bonds. The van der Waals surface area contributed by atoms with Crippen LogP contribution in [0.25, 0.3) is 0 Å². The average Bonchev–Trinajstić information content (AvgIpc) is 3.95. The topological polar surface area (TPSA) is 134 Å². The van der Waals surface area contributed by atoms with Gasteiger partial charge in [-0.05, 0) is 92.8 Å². The van der Waals surface area contributed by atoms with Gasteiger partial charge in [0.1, 0.15) is 11.8 Å². The molecule has 3 fully saturated rings. The minimum Gasteiger partial charge on any atom is -0.410 e. The van der Waals surface area contributed by atoms with E-state index in [1.807, 2.05) is 32.0 Å². The number of carbonyl (C=O) groups is 5. The third kappa shape index (κ3) is 8.59. The lowest BCUT2D eigenvalue weighted by molar-refractivity contribution is -0.141. The summed E-state index contributed by atoms with van der Waals surface area (Å²) in [7, 11) is 0. The minimum absolute atomic E-state index is 0.0232. The Bertz CT molecular complexity index is 1470. The van der Waals surface area contributed by atoms with E-state index in [1.54, 1.807) is 30.3 Å². The largest absolute Gasteiger partial charge is 0.415 e. The zero-order valence-electron chi connectivity index (χ0n) is 26.0. The Hall–Kier alpha value is -3.63. The van der Waals surface area contributed by atoms with Gasteiger partial charge in [0, 0.05) is 40.5 Å². The summed E-state index contributed by atoms with van der Waals surface area (Å²) in [6.45, 7) is 4.48. The summed E-state index contributed by atoms with van der Waals surface area (Å²) in [5.41, 5.74) is 0.505. The first-order valence-electron chi connectivity index (χ1n) is 15.9. The zero-order valence-corrected chi connectivity index (χ0v) is 27.5. The van der Waals surface area contributed by atoms with E-state index in [2.05, 4.69) is 16.0 Å². The SMILES string of the molecule is CC(C)C[C@@H](C(=O)N[C@@H](C[C@@H]1CCNC1=O)C(=O)C(=O)NC1CC1)N(CC1(c2cccc(Cl)c2)CC1)C(=O)Oc1ccc(Cl)cc1. The second-order valence-electron chi connectivity index (χ2n) is 13.1. The summed E-state index contributed by atoms with van der Waals surface area (Å²) < 4.78 is 5.78. The van der Waals surface area contributed by atoms with Gasteiger partial charge in [0.25, 0.3) is 5.91 Å². The Balaban J connectivity index is 1.44. The molecule has 0 bridgehead atoms. The van der Waals surface area contributed by atoms with E-state index in [-0.39, 0.29) is 43.0 Å². The van der Waals surface area contributed by atoms with E-state index in [9.17, 15) is 24.0 Å². The second kappa shape index (κ2) is 14.4. The van der Waals surface area contributed by atoms with Gasteiger partial charge in [-0.2, -0.15) is 0 Å². The van der Waals surface area contributed by atoms with Gasteiger partial charge in [0.2, 0.25) is 17.6 Å². The molecule has 10 nitrogen and oxygen atoms in total. The van der Waals surface area contributed by atoms with Crippen molar-refractivity contribution < 1.29 is 28.7 Å². The maximum atomic E-state index is 14.3. The Labute approximate surface area is 278 Å². The molecule has 0 radical (unpaired) electrons. The highest BCUT2D eigenvalue weighted by molar-refractivity contribution is 6.38. The average molecular weight is 672 g/mol. The number of amides is 4. The van der Waals surface area contributed by atoms with Gasteiger partial charge in [-0.1, -0.05) is 49.2 Å². The van der Waals surface area contributed by atoms with Crippen molar-refractivity contribution in [3.63, 3.8) is 0 Å². The summed E-state index contributed by atoms with van der Waals surface area (Å²) >= 11 is 12.4. The number of rotatable bonds is 14. The Morgan fingerprint density at radius 3 is 2.33 bits per heavy atom. The number of carbonyl (C=O) groups excluding carboxylic acids is 5. The van der Waals surface area contributed by atoms with Crippen molar-refractivity contribution in [2.24, 2.45) is 11.8 Å². The molecule has 1 saturated heterocycles. The molecule has 246 valence electrons. The fraction of sp³-hybridized carbons (Fsp3) is 0.500. The van der Waals surface area contributed by atoms with Gasteiger partial charge in [0.15, 0.2) is 0 Å². The first-order valence-corrected chi connectivity index (χ1v) is 16.6. The molecule has 3 atom stereocenters. The molecular formula is C34H40Cl2N4O6. The highest BCUT2D eigenvalue weighted by atomic mass is 35.5. The second-order valence-corrected chi connectivity index (χ2v) is 13.9. The van der Waals surface area contributed by atoms with Crippen LogP contribution in [0.15, 0.2) is 48.5 Å². The fourth-order valence-corrected chi connectivity index (χ4v) is 6.23. The van der Waals surface area contributed by atoms with E-state index < -0.39 is 47.1 Å². The standard InChI is InChI=1S/C34H40Cl2N4O6/c1-20(2)16-28(31(43)39-27(17-21-12-15-37-30(21)42)29(41)32(44)38-25-8-9-25)40(33(45)46-26-10-6-23(35)7-11-26)19-34(13-14-34)22-4-3-5-24(36)18-22/h3-7,10-11,18,20-21,25,27-28H,8-9,12-17,19H2,1-2H3,(H,37,42)(H,38,44)(H,39,43)/t21-,27-,28-/m0/s1. The number of hydrogen-bond donors (Lipinski definition) is 3. The maximum Gasteiger partial charge on any atom is 0.415 e. The number of benzene rings is 2. The molecular weight excluding hydrogens is 631 g/mol. The summed E-state index contributed by atoms with van der Waals surface area (Å²) in [4.78, 5) is 68.4. The predicted molar refractivity (Wildman–Crippen MR) is 174 cm³/mol. The van der Waals surface area contributed by atoms with Crippen molar-refractivity contribution in [2.45, 2.75) is 82.3 Å². The Morgan fingerprint density at radius 2 is 1.74 bits per heavy atom. The number of halogens is 2. The number of hydrogen-bond acceptors (Lipinski definition) is 6. The molecule has 12 heteroatoms. The molecule has 0 spiro atoms. The molecule has 1 aliphatic heterocycles. The van der Waals surface area contributed by atoms with Crippen molar-refractivity contribution in [3.8, 4) is 5.75 Å². The van der Waals surface area contributed by atoms with Crippen LogP contribution in [0.2, 0.25) is 10.0 Å². The van der Waals surface area contributed by atoms with Crippen molar-refractivity contribution in [1.82, 2.24) is 20.9 Å². The highest BCUT2D eigenvalue weighted by Gasteiger charge is 2.49. The summed E-state index contributed by atoms with van der Waals surface area (Å²) in [6.07, 6.45) is 3.10. The molecule has 2 aliphatic carbocycles. The number of Topliss-reactive ketones (excluding diaryl/α,β-unsaturated/α-hetero) is 1. The van der Waals surface area contributed by atoms with Crippen molar-refractivity contribution in [1.29, 1.82) is 0 Å². The molecule has 3 N–H and O–H groups in total. The van der Waals surface area contributed by atoms with Crippen LogP contribution in [0.4, 0.5) is 4.79 Å². The monoisotopic (exact) mass is 670 g/mol. The third-order valence-electron chi connectivity index (χ3n) is 8.84. The fourth-order valence-electron chi connectivity index (χ4n) is 5.92. The van der Waals surface area contributed by atoms with Crippen molar-refractivity contribution in [3.05, 3.63) is 64.1 Å². The Kier molecular flexibility index (Phi) is 10.6. The lowest BCUT2D eigenvalue weighted by Gasteiger charge is -2.35. The summed E-state index contributed by atoms with van der Waals surface area (Å²) in [6, 6.07) is 11.5. The number of nitrogens with zero attached hydrogens (tertiary/aromatic N) is 1. The first-order chi connectivity index (χ1) is 21.9. The van der Waals surface area contributed by atoms with Gasteiger partial charge in [-0.3, -0.25) is 24.1 Å². The van der Waals surface area contributed by atoms with Crippen LogP contribution in [0, 0.1) is 11.8 Å². The number of ether oxygens (including phenoxy) is 1. The van der Waals surface area contributed by atoms with Crippen LogP contribution < -0.4 is 20.7 Å². The highest BCUT2D eigenvalue weighted by Crippen LogP contribution is 2.49. The van der Waals surface area contributed by atoms with Crippen LogP contribution in [-0.2, 0) is 24.6 Å². The lowest BCUT2D eigenvalue weighted by atomic mass is 9.92. The molecule has 0 aromatic heterocycles. The van der Waals surface area contributed by atoms with Crippen LogP contribution in [-0.4, -0.2) is 65.7 Å². The first kappa shape index (κ1) is 33.7. The van der Waals surface area contributed by atoms with E-state index in [1.165, 1.54) is 4.90 Å². The molecule has 5 rings (SSSR count). The van der Waals surface area contributed by atoms with Gasteiger partial charge in [-0.15, -0.1) is 0 Å². The van der Waals surface area contributed by atoms with E-state index in [4.69, 9.17) is 27.9 Å². The zero-order chi connectivity index (χ0) is 33.0. The Morgan fingerprint density at radius 1 is 1.02 bits per heavy atom. The van der Waals surface area contributed by atoms with Gasteiger partial charge in [-0.25, -0.2) is 4.79 Å². The quantitative estimate of drug-likeness (QED) is 0.247. The van der Waals surface area contributed by atoms with Crippen LogP contribution in [0.5, 0.6) is 5.75 Å². The van der Waals surface area contributed by atoms with Crippen molar-refractivity contribution >= 4 is 52.8 Å². The van der Waals surface area contributed by atoms with Crippen LogP contribution in [0.1, 0.15) is 64.4 Å². The molecule has 2 aromatic carbocycles. The van der Waals surface area contributed by atoms with E-state index in [0.29, 0.717) is 23.0 Å². The normalized spacial score (nSPS) is 19.5. The van der Waals surface area contributed by atoms with Crippen molar-refractivity contribution in [2.75, 3.05) is 13.1 Å². The summed E-state index contributed by atoms with van der Waals surface area (Å²) in [5, 5.41) is 9.27. The van der Waals surface area contributed by atoms with Gasteiger partial charge >= 0.3 is 6.09 Å². The molecule has 2 aromatic rings. The molecule has 2 saturated carbocycles. The molecule has 0 unspecified atom stereocenters. The smallest absolute Gasteiger partial charge is 0.410 e. The summed E-state index contributed by atoms with van der Waals surface area (Å²) in [5.74, 6) is -2.73. The molecule has 3 aliphatic rings. The van der Waals surface area contributed by atoms with Crippen LogP contribution >= 0.6 is 23.2 Å². The van der Waals surface area contributed by atoms with Gasteiger partial charge in [0.05, 0.1) is 6.04 Å². The molecule has 46 heavy (non-hydrogen) atoms.